The summed E-state index contributed by atoms with van der Waals surface area (Å²) in [7, 11) is 1.31. The predicted molar refractivity (Wildman–Crippen MR) is 81.4 cm³/mol. The van der Waals surface area contributed by atoms with Crippen molar-refractivity contribution < 1.29 is 9.53 Å². The van der Waals surface area contributed by atoms with Crippen molar-refractivity contribution in [3.05, 3.63) is 38.8 Å². The van der Waals surface area contributed by atoms with Crippen molar-refractivity contribution in [2.75, 3.05) is 18.2 Å². The van der Waals surface area contributed by atoms with Gasteiger partial charge in [-0.25, -0.2) is 9.78 Å². The molecule has 5 nitrogen and oxygen atoms in total. The monoisotopic (exact) mass is 311 g/mol. The molecule has 2 aromatic rings. The number of nitrogens with zero attached hydrogens (tertiary/aromatic N) is 1. The summed E-state index contributed by atoms with van der Waals surface area (Å²) in [6.45, 7) is 2.40. The van der Waals surface area contributed by atoms with Gasteiger partial charge in [-0.05, 0) is 19.1 Å². The summed E-state index contributed by atoms with van der Waals surface area (Å²) >= 11 is 7.70. The van der Waals surface area contributed by atoms with Gasteiger partial charge in [0, 0.05) is 11.1 Å². The third-order valence-electron chi connectivity index (χ3n) is 2.63. The zero-order chi connectivity index (χ0) is 14.7. The number of methoxy groups -OCH3 is 1. The van der Waals surface area contributed by atoms with E-state index in [1.807, 2.05) is 12.3 Å². The second-order valence-electron chi connectivity index (χ2n) is 4.13. The Bertz CT molecular complexity index is 643. The normalized spacial score (nSPS) is 10.3. The fourth-order valence-electron chi connectivity index (χ4n) is 1.75. The molecular weight excluding hydrogens is 298 g/mol. The van der Waals surface area contributed by atoms with Crippen molar-refractivity contribution in [2.45, 2.75) is 13.5 Å². The van der Waals surface area contributed by atoms with E-state index in [9.17, 15) is 4.79 Å². The lowest BCUT2D eigenvalue weighted by Crippen LogP contribution is -2.10. The van der Waals surface area contributed by atoms with E-state index in [2.05, 4.69) is 10.3 Å². The molecule has 0 spiro atoms. The Morgan fingerprint density at radius 1 is 1.55 bits per heavy atom. The smallest absolute Gasteiger partial charge is 0.340 e. The molecule has 106 valence electrons. The molecule has 0 aliphatic rings. The molecule has 0 aliphatic carbocycles. The van der Waals surface area contributed by atoms with Gasteiger partial charge in [0.15, 0.2) is 0 Å². The van der Waals surface area contributed by atoms with Gasteiger partial charge in [0.2, 0.25) is 0 Å². The van der Waals surface area contributed by atoms with Crippen molar-refractivity contribution >= 4 is 40.3 Å². The Labute approximate surface area is 125 Å². The van der Waals surface area contributed by atoms with Gasteiger partial charge in [-0.15, -0.1) is 11.3 Å². The van der Waals surface area contributed by atoms with Crippen LogP contribution in [0.1, 0.15) is 21.1 Å². The number of nitrogens with two attached hydrogens (primary N) is 1. The van der Waals surface area contributed by atoms with Crippen LogP contribution in [-0.4, -0.2) is 18.1 Å². The molecule has 7 heteroatoms. The molecule has 0 aliphatic heterocycles. The number of carbonyl (C=O) groups is 1. The molecule has 1 aromatic heterocycles. The first kappa shape index (κ1) is 14.6. The molecule has 0 unspecified atom stereocenters. The first-order chi connectivity index (χ1) is 9.51. The summed E-state index contributed by atoms with van der Waals surface area (Å²) in [6, 6.07) is 3.12. The van der Waals surface area contributed by atoms with E-state index < -0.39 is 5.97 Å². The first-order valence-corrected chi connectivity index (χ1v) is 7.09. The summed E-state index contributed by atoms with van der Waals surface area (Å²) in [5, 5.41) is 6.42. The fourth-order valence-corrected chi connectivity index (χ4v) is 2.65. The zero-order valence-corrected chi connectivity index (χ0v) is 12.6. The molecule has 1 aromatic carbocycles. The second-order valence-corrected chi connectivity index (χ2v) is 5.60. The number of hydrogen-bond donors (Lipinski definition) is 2. The highest BCUT2D eigenvalue weighted by Gasteiger charge is 2.16. The molecule has 0 saturated carbocycles. The molecule has 1 heterocycles. The maximum atomic E-state index is 11.8. The van der Waals surface area contributed by atoms with Crippen LogP contribution >= 0.6 is 22.9 Å². The van der Waals surface area contributed by atoms with Gasteiger partial charge in [-0.1, -0.05) is 11.6 Å². The second kappa shape index (κ2) is 6.11. The summed E-state index contributed by atoms with van der Waals surface area (Å²) in [6.07, 6.45) is 0. The molecular formula is C13H14ClN3O2S. The van der Waals surface area contributed by atoms with Crippen molar-refractivity contribution in [2.24, 2.45) is 0 Å². The van der Waals surface area contributed by atoms with Crippen LogP contribution in [0.4, 0.5) is 11.4 Å². The van der Waals surface area contributed by atoms with Crippen LogP contribution < -0.4 is 11.1 Å². The van der Waals surface area contributed by atoms with Gasteiger partial charge in [0.05, 0.1) is 40.6 Å². The van der Waals surface area contributed by atoms with Crippen LogP contribution in [0.2, 0.25) is 5.02 Å². The lowest BCUT2D eigenvalue weighted by atomic mass is 10.1. The Kier molecular flexibility index (Phi) is 4.46. The highest BCUT2D eigenvalue weighted by atomic mass is 35.5. The fraction of sp³-hybridized carbons (Fsp3) is 0.231. The number of carbonyl (C=O) groups excluding carboxylic acids is 1. The van der Waals surface area contributed by atoms with Crippen molar-refractivity contribution in [1.82, 2.24) is 4.98 Å². The van der Waals surface area contributed by atoms with E-state index in [1.54, 1.807) is 17.4 Å². The number of rotatable bonds is 4. The van der Waals surface area contributed by atoms with Crippen molar-refractivity contribution in [3.8, 4) is 0 Å². The van der Waals surface area contributed by atoms with Crippen molar-refractivity contribution in [3.63, 3.8) is 0 Å². The molecule has 0 atom stereocenters. The SMILES string of the molecule is COC(=O)c1cc(N)cc(Cl)c1NCc1csc(C)n1. The number of nitrogens with one attached hydrogen (secondary N) is 1. The topological polar surface area (TPSA) is 77.2 Å². The lowest BCUT2D eigenvalue weighted by Gasteiger charge is -2.12. The number of halogens is 1. The van der Waals surface area contributed by atoms with E-state index in [0.717, 1.165) is 10.7 Å². The summed E-state index contributed by atoms with van der Waals surface area (Å²) in [5.41, 5.74) is 7.80. The number of thiazole rings is 1. The molecule has 0 radical (unpaired) electrons. The quantitative estimate of drug-likeness (QED) is 0.670. The van der Waals surface area contributed by atoms with Gasteiger partial charge in [-0.2, -0.15) is 0 Å². The molecule has 0 fully saturated rings. The Hall–Kier alpha value is -1.79. The van der Waals surface area contributed by atoms with E-state index in [-0.39, 0.29) is 0 Å². The van der Waals surface area contributed by atoms with Gasteiger partial charge in [-0.3, -0.25) is 0 Å². The predicted octanol–water partition coefficient (Wildman–Crippen LogP) is 3.09. The van der Waals surface area contributed by atoms with Gasteiger partial charge in [0.1, 0.15) is 0 Å². The molecule has 0 bridgehead atoms. The average molecular weight is 312 g/mol. The number of benzene rings is 1. The Morgan fingerprint density at radius 2 is 2.30 bits per heavy atom. The maximum absolute atomic E-state index is 11.8. The molecule has 3 N–H and O–H groups in total. The molecule has 0 saturated heterocycles. The van der Waals surface area contributed by atoms with E-state index in [4.69, 9.17) is 22.1 Å². The number of esters is 1. The summed E-state index contributed by atoms with van der Waals surface area (Å²) < 4.78 is 4.74. The van der Waals surface area contributed by atoms with Gasteiger partial charge in [0.25, 0.3) is 0 Å². The van der Waals surface area contributed by atoms with Crippen molar-refractivity contribution in [1.29, 1.82) is 0 Å². The van der Waals surface area contributed by atoms with Gasteiger partial charge >= 0.3 is 5.97 Å². The lowest BCUT2D eigenvalue weighted by molar-refractivity contribution is 0.0602. The van der Waals surface area contributed by atoms with Crippen LogP contribution in [0.25, 0.3) is 0 Å². The highest BCUT2D eigenvalue weighted by molar-refractivity contribution is 7.09. The number of anilines is 2. The van der Waals surface area contributed by atoms with Crippen LogP contribution in [-0.2, 0) is 11.3 Å². The van der Waals surface area contributed by atoms with Gasteiger partial charge < -0.3 is 15.8 Å². The standard InChI is InChI=1S/C13H14ClN3O2S/c1-7-17-9(6-20-7)5-16-12-10(13(18)19-2)3-8(15)4-11(12)14/h3-4,6,16H,5,15H2,1-2H3. The number of aromatic nitrogens is 1. The zero-order valence-electron chi connectivity index (χ0n) is 11.1. The number of hydrogen-bond acceptors (Lipinski definition) is 6. The average Bonchev–Trinajstić information content (AvgIpc) is 2.81. The highest BCUT2D eigenvalue weighted by Crippen LogP contribution is 2.30. The number of nitrogen functional groups attached to an aromatic ring is 1. The minimum absolute atomic E-state index is 0.310. The molecule has 20 heavy (non-hydrogen) atoms. The third-order valence-corrected chi connectivity index (χ3v) is 3.75. The molecule has 0 amide bonds. The van der Waals surface area contributed by atoms with E-state index in [0.29, 0.717) is 28.5 Å². The number of aryl methyl sites for hydroxylation is 1. The van der Waals surface area contributed by atoms with Crippen LogP contribution in [0.15, 0.2) is 17.5 Å². The summed E-state index contributed by atoms with van der Waals surface area (Å²) in [4.78, 5) is 16.1. The van der Waals surface area contributed by atoms with Crippen LogP contribution in [0.3, 0.4) is 0 Å². The number of ether oxygens (including phenoxy) is 1. The molecule has 2 rings (SSSR count). The minimum Gasteiger partial charge on any atom is -0.465 e. The Balaban J connectivity index is 2.27. The maximum Gasteiger partial charge on any atom is 0.340 e. The first-order valence-electron chi connectivity index (χ1n) is 5.83. The third kappa shape index (κ3) is 3.20. The summed E-state index contributed by atoms with van der Waals surface area (Å²) in [5.74, 6) is -0.490. The van der Waals surface area contributed by atoms with Crippen LogP contribution in [0.5, 0.6) is 0 Å². The van der Waals surface area contributed by atoms with E-state index >= 15 is 0 Å². The van der Waals surface area contributed by atoms with E-state index in [1.165, 1.54) is 13.2 Å². The Morgan fingerprint density at radius 3 is 2.90 bits per heavy atom. The minimum atomic E-state index is -0.490. The van der Waals surface area contributed by atoms with Crippen LogP contribution in [0, 0.1) is 6.92 Å². The largest absolute Gasteiger partial charge is 0.465 e.